The Kier molecular flexibility index (Phi) is 7.06. The smallest absolute Gasteiger partial charge is 0.407 e. The molecule has 1 rings (SSSR count). The van der Waals surface area contributed by atoms with E-state index in [9.17, 15) is 4.79 Å². The van der Waals surface area contributed by atoms with E-state index in [-0.39, 0.29) is 6.09 Å². The van der Waals surface area contributed by atoms with E-state index in [0.717, 1.165) is 31.4 Å². The normalized spacial score (nSPS) is 11.2. The van der Waals surface area contributed by atoms with Crippen LogP contribution in [-0.2, 0) is 11.2 Å². The highest BCUT2D eigenvalue weighted by molar-refractivity contribution is 5.67. The largest absolute Gasteiger partial charge is 0.444 e. The number of nitrogens with two attached hydrogens (primary N) is 1. The summed E-state index contributed by atoms with van der Waals surface area (Å²) in [5, 5.41) is 2.78. The molecular formula is C17H28N2O2. The summed E-state index contributed by atoms with van der Waals surface area (Å²) in [5.74, 6) is 0. The molecule has 0 atom stereocenters. The average Bonchev–Trinajstić information content (AvgIpc) is 2.37. The molecule has 3 N–H and O–H groups in total. The van der Waals surface area contributed by atoms with Gasteiger partial charge in [0.15, 0.2) is 0 Å². The van der Waals surface area contributed by atoms with E-state index >= 15 is 0 Å². The molecule has 0 aromatic heterocycles. The Hall–Kier alpha value is -1.71. The van der Waals surface area contributed by atoms with Crippen LogP contribution in [0.3, 0.4) is 0 Å². The summed E-state index contributed by atoms with van der Waals surface area (Å²) in [7, 11) is 0. The van der Waals surface area contributed by atoms with Gasteiger partial charge in [-0.25, -0.2) is 4.79 Å². The molecule has 0 aliphatic heterocycles. The monoisotopic (exact) mass is 292 g/mol. The van der Waals surface area contributed by atoms with Crippen LogP contribution < -0.4 is 11.1 Å². The minimum Gasteiger partial charge on any atom is -0.444 e. The molecule has 1 aromatic rings. The summed E-state index contributed by atoms with van der Waals surface area (Å²) < 4.78 is 5.17. The molecule has 0 aliphatic rings. The maximum Gasteiger partial charge on any atom is 0.407 e. The molecule has 4 nitrogen and oxygen atoms in total. The number of ether oxygens (including phenoxy) is 1. The summed E-state index contributed by atoms with van der Waals surface area (Å²) in [6.45, 7) is 6.27. The number of alkyl carbamates (subject to hydrolysis) is 1. The van der Waals surface area contributed by atoms with E-state index in [1.165, 1.54) is 12.0 Å². The van der Waals surface area contributed by atoms with Gasteiger partial charge in [0.05, 0.1) is 0 Å². The second-order valence-corrected chi connectivity index (χ2v) is 6.33. The van der Waals surface area contributed by atoms with Gasteiger partial charge in [0.2, 0.25) is 0 Å². The summed E-state index contributed by atoms with van der Waals surface area (Å²) in [6.07, 6.45) is 5.19. The molecule has 0 unspecified atom stereocenters. The number of rotatable bonds is 7. The van der Waals surface area contributed by atoms with Crippen molar-refractivity contribution in [3.63, 3.8) is 0 Å². The Bertz CT molecular complexity index is 421. The first-order valence-electron chi connectivity index (χ1n) is 7.68. The fourth-order valence-electron chi connectivity index (χ4n) is 2.00. The second-order valence-electron chi connectivity index (χ2n) is 6.33. The van der Waals surface area contributed by atoms with Gasteiger partial charge < -0.3 is 15.8 Å². The fourth-order valence-corrected chi connectivity index (χ4v) is 2.00. The van der Waals surface area contributed by atoms with Crippen LogP contribution in [0.4, 0.5) is 10.5 Å². The van der Waals surface area contributed by atoms with Crippen molar-refractivity contribution in [1.29, 1.82) is 0 Å². The van der Waals surface area contributed by atoms with Gasteiger partial charge in [-0.2, -0.15) is 0 Å². The van der Waals surface area contributed by atoms with Crippen LogP contribution in [0.2, 0.25) is 0 Å². The van der Waals surface area contributed by atoms with Crippen molar-refractivity contribution in [3.05, 3.63) is 29.8 Å². The van der Waals surface area contributed by atoms with Gasteiger partial charge >= 0.3 is 6.09 Å². The SMILES string of the molecule is CC(C)(C)OC(=O)NCCCCCCc1ccc(N)cc1. The number of aryl methyl sites for hydroxylation is 1. The average molecular weight is 292 g/mol. The number of nitrogens with one attached hydrogen (secondary N) is 1. The quantitative estimate of drug-likeness (QED) is 0.592. The Morgan fingerprint density at radius 1 is 1.10 bits per heavy atom. The van der Waals surface area contributed by atoms with Crippen molar-refractivity contribution in [2.45, 2.75) is 58.5 Å². The van der Waals surface area contributed by atoms with Crippen molar-refractivity contribution < 1.29 is 9.53 Å². The molecule has 21 heavy (non-hydrogen) atoms. The Labute approximate surface area is 128 Å². The zero-order valence-corrected chi connectivity index (χ0v) is 13.4. The number of carbonyl (C=O) groups excluding carboxylic acids is 1. The molecule has 1 amide bonds. The third kappa shape index (κ3) is 8.95. The number of unbranched alkanes of at least 4 members (excludes halogenated alkanes) is 3. The van der Waals surface area contributed by atoms with Gasteiger partial charge in [0.25, 0.3) is 0 Å². The first-order valence-corrected chi connectivity index (χ1v) is 7.68. The topological polar surface area (TPSA) is 64.3 Å². The molecule has 0 fully saturated rings. The van der Waals surface area contributed by atoms with Gasteiger partial charge in [-0.15, -0.1) is 0 Å². The molecule has 0 spiro atoms. The summed E-state index contributed by atoms with van der Waals surface area (Å²) in [5.41, 5.74) is 7.37. The number of hydrogen-bond acceptors (Lipinski definition) is 3. The first kappa shape index (κ1) is 17.3. The van der Waals surface area contributed by atoms with Crippen LogP contribution >= 0.6 is 0 Å². The number of carbonyl (C=O) groups is 1. The zero-order valence-electron chi connectivity index (χ0n) is 13.4. The summed E-state index contributed by atoms with van der Waals surface area (Å²) in [6, 6.07) is 8.05. The van der Waals surface area contributed by atoms with Crippen LogP contribution in [0.15, 0.2) is 24.3 Å². The van der Waals surface area contributed by atoms with E-state index in [4.69, 9.17) is 10.5 Å². The van der Waals surface area contributed by atoms with Crippen LogP contribution in [0.5, 0.6) is 0 Å². The van der Waals surface area contributed by atoms with Gasteiger partial charge in [-0.05, 0) is 57.7 Å². The van der Waals surface area contributed by atoms with Crippen molar-refractivity contribution in [2.24, 2.45) is 0 Å². The third-order valence-corrected chi connectivity index (χ3v) is 3.04. The van der Waals surface area contributed by atoms with Gasteiger partial charge in [-0.3, -0.25) is 0 Å². The zero-order chi connectivity index (χ0) is 15.7. The summed E-state index contributed by atoms with van der Waals surface area (Å²) in [4.78, 5) is 11.4. The van der Waals surface area contributed by atoms with Crippen LogP contribution in [-0.4, -0.2) is 18.2 Å². The fraction of sp³-hybridized carbons (Fsp3) is 0.588. The Morgan fingerprint density at radius 3 is 2.33 bits per heavy atom. The number of nitrogen functional groups attached to an aromatic ring is 1. The maximum atomic E-state index is 11.4. The molecule has 4 heteroatoms. The van der Waals surface area contributed by atoms with Crippen molar-refractivity contribution in [2.75, 3.05) is 12.3 Å². The Balaban J connectivity index is 2.00. The highest BCUT2D eigenvalue weighted by Gasteiger charge is 2.15. The number of anilines is 1. The van der Waals surface area contributed by atoms with Crippen molar-refractivity contribution >= 4 is 11.8 Å². The van der Waals surface area contributed by atoms with Crippen molar-refractivity contribution in [3.8, 4) is 0 Å². The molecule has 0 radical (unpaired) electrons. The van der Waals surface area contributed by atoms with Crippen LogP contribution in [0, 0.1) is 0 Å². The number of hydrogen-bond donors (Lipinski definition) is 2. The van der Waals surface area contributed by atoms with E-state index < -0.39 is 5.60 Å². The lowest BCUT2D eigenvalue weighted by molar-refractivity contribution is 0.0527. The minimum absolute atomic E-state index is 0.329. The van der Waals surface area contributed by atoms with E-state index in [1.807, 2.05) is 32.9 Å². The van der Waals surface area contributed by atoms with Crippen LogP contribution in [0.25, 0.3) is 0 Å². The van der Waals surface area contributed by atoms with Gasteiger partial charge in [-0.1, -0.05) is 25.0 Å². The molecule has 0 saturated carbocycles. The van der Waals surface area contributed by atoms with E-state index in [1.54, 1.807) is 0 Å². The lowest BCUT2D eigenvalue weighted by Gasteiger charge is -2.19. The molecule has 0 bridgehead atoms. The van der Waals surface area contributed by atoms with Gasteiger partial charge in [0.1, 0.15) is 5.60 Å². The number of benzene rings is 1. The molecule has 0 saturated heterocycles. The second kappa shape index (κ2) is 8.55. The lowest BCUT2D eigenvalue weighted by atomic mass is 10.1. The predicted octanol–water partition coefficient (Wildman–Crippen LogP) is 3.90. The van der Waals surface area contributed by atoms with Crippen molar-refractivity contribution in [1.82, 2.24) is 5.32 Å². The molecule has 1 aromatic carbocycles. The molecule has 0 aliphatic carbocycles. The summed E-state index contributed by atoms with van der Waals surface area (Å²) >= 11 is 0. The number of amides is 1. The minimum atomic E-state index is -0.427. The molecule has 0 heterocycles. The van der Waals surface area contributed by atoms with Crippen LogP contribution in [0.1, 0.15) is 52.0 Å². The first-order chi connectivity index (χ1) is 9.87. The lowest BCUT2D eigenvalue weighted by Crippen LogP contribution is -2.32. The standard InChI is InChI=1S/C17H28N2O2/c1-17(2,3)21-16(20)19-13-7-5-4-6-8-14-9-11-15(18)12-10-14/h9-12H,4-8,13,18H2,1-3H3,(H,19,20). The maximum absolute atomic E-state index is 11.4. The third-order valence-electron chi connectivity index (χ3n) is 3.04. The predicted molar refractivity (Wildman–Crippen MR) is 87.3 cm³/mol. The molecule has 118 valence electrons. The molecular weight excluding hydrogens is 264 g/mol. The highest BCUT2D eigenvalue weighted by Crippen LogP contribution is 2.10. The van der Waals surface area contributed by atoms with Gasteiger partial charge in [0, 0.05) is 12.2 Å². The highest BCUT2D eigenvalue weighted by atomic mass is 16.6. The Morgan fingerprint density at radius 2 is 1.71 bits per heavy atom. The van der Waals surface area contributed by atoms with E-state index in [0.29, 0.717) is 6.54 Å². The van der Waals surface area contributed by atoms with E-state index in [2.05, 4.69) is 17.4 Å².